The average Bonchev–Trinajstić information content (AvgIpc) is 2.69. The number of nitrogens with zero attached hydrogens (tertiary/aromatic N) is 2. The molecule has 7 nitrogen and oxygen atoms in total. The molecule has 0 aliphatic rings. The molecule has 0 aliphatic carbocycles. The van der Waals surface area contributed by atoms with Crippen LogP contribution in [0.3, 0.4) is 0 Å². The van der Waals surface area contributed by atoms with Crippen molar-refractivity contribution >= 4 is 17.4 Å². The van der Waals surface area contributed by atoms with Crippen LogP contribution < -0.4 is 10.1 Å². The summed E-state index contributed by atoms with van der Waals surface area (Å²) in [5, 5.41) is 14.1. The van der Waals surface area contributed by atoms with Crippen LogP contribution in [0.15, 0.2) is 66.7 Å². The quantitative estimate of drug-likeness (QED) is 0.509. The van der Waals surface area contributed by atoms with E-state index >= 15 is 0 Å². The normalized spacial score (nSPS) is 11.5. The van der Waals surface area contributed by atoms with Crippen LogP contribution in [-0.2, 0) is 4.79 Å². The van der Waals surface area contributed by atoms with Gasteiger partial charge < -0.3 is 20.2 Å². The number of amides is 1. The summed E-state index contributed by atoms with van der Waals surface area (Å²) in [6, 6.07) is 19.2. The average molecular weight is 377 g/mol. The highest BCUT2D eigenvalue weighted by molar-refractivity contribution is 5.95. The van der Waals surface area contributed by atoms with Gasteiger partial charge in [0.15, 0.2) is 0 Å². The van der Waals surface area contributed by atoms with Gasteiger partial charge in [0.05, 0.1) is 0 Å². The van der Waals surface area contributed by atoms with E-state index < -0.39 is 22.8 Å². The number of nitro groups is 1. The van der Waals surface area contributed by atoms with Gasteiger partial charge in [-0.2, -0.15) is 0 Å². The van der Waals surface area contributed by atoms with Crippen molar-refractivity contribution in [1.29, 1.82) is 0 Å². The minimum absolute atomic E-state index is 0.0662. The number of ether oxygens (including phenoxy) is 1. The molecule has 0 spiro atoms. The van der Waals surface area contributed by atoms with Crippen LogP contribution in [0.4, 0.5) is 11.5 Å². The maximum atomic E-state index is 12.9. The number of rotatable bonds is 6. The van der Waals surface area contributed by atoms with Gasteiger partial charge in [-0.05, 0) is 41.1 Å². The molecule has 1 N–H and O–H groups in total. The van der Waals surface area contributed by atoms with Gasteiger partial charge in [0.25, 0.3) is 5.91 Å². The largest absolute Gasteiger partial charge is 0.467 e. The molecule has 2 aromatic carbocycles. The maximum Gasteiger partial charge on any atom is 0.406 e. The Morgan fingerprint density at radius 1 is 1.04 bits per heavy atom. The molecule has 0 aliphatic heterocycles. The van der Waals surface area contributed by atoms with Crippen LogP contribution in [0.25, 0.3) is 0 Å². The Balaban J connectivity index is 1.93. The number of hydrogen-bond donors (Lipinski definition) is 1. The van der Waals surface area contributed by atoms with Gasteiger partial charge in [-0.25, -0.2) is 0 Å². The van der Waals surface area contributed by atoms with Gasteiger partial charge in [0.1, 0.15) is 5.69 Å². The highest BCUT2D eigenvalue weighted by atomic mass is 16.6. The SMILES string of the molecule is Cc1ccc(NC(=O)C(Oc2ccc(C)nc2[N+](=O)[O-])c2ccccc2)cc1. The molecule has 1 aromatic heterocycles. The molecule has 3 rings (SSSR count). The summed E-state index contributed by atoms with van der Waals surface area (Å²) in [6.45, 7) is 3.60. The van der Waals surface area contributed by atoms with E-state index in [0.717, 1.165) is 5.56 Å². The number of hydrogen-bond acceptors (Lipinski definition) is 5. The van der Waals surface area contributed by atoms with Crippen LogP contribution >= 0.6 is 0 Å². The summed E-state index contributed by atoms with van der Waals surface area (Å²) in [6.07, 6.45) is -1.08. The van der Waals surface area contributed by atoms with Crippen molar-refractivity contribution in [3.63, 3.8) is 0 Å². The number of anilines is 1. The lowest BCUT2D eigenvalue weighted by atomic mass is 10.1. The van der Waals surface area contributed by atoms with Crippen molar-refractivity contribution < 1.29 is 14.5 Å². The zero-order valence-electron chi connectivity index (χ0n) is 15.5. The summed E-state index contributed by atoms with van der Waals surface area (Å²) in [7, 11) is 0. The second-order valence-corrected chi connectivity index (χ2v) is 6.30. The number of benzene rings is 2. The summed E-state index contributed by atoms with van der Waals surface area (Å²) < 4.78 is 5.79. The molecular formula is C21H19N3O4. The number of pyridine rings is 1. The van der Waals surface area contributed by atoms with E-state index in [-0.39, 0.29) is 5.75 Å². The first kappa shape index (κ1) is 19.0. The minimum Gasteiger partial charge on any atom is -0.467 e. The Hall–Kier alpha value is -3.74. The molecule has 0 saturated heterocycles. The van der Waals surface area contributed by atoms with Crippen LogP contribution in [0.5, 0.6) is 5.75 Å². The highest BCUT2D eigenvalue weighted by Gasteiger charge is 2.27. The fourth-order valence-electron chi connectivity index (χ4n) is 2.63. The standard InChI is InChI=1S/C21H19N3O4/c1-14-8-11-17(12-9-14)23-21(25)19(16-6-4-3-5-7-16)28-18-13-10-15(2)22-20(18)24(26)27/h3-13,19H,1-2H3,(H,23,25). The number of carbonyl (C=O) groups is 1. The molecule has 7 heteroatoms. The lowest BCUT2D eigenvalue weighted by Crippen LogP contribution is -2.26. The summed E-state index contributed by atoms with van der Waals surface area (Å²) in [4.78, 5) is 27.6. The minimum atomic E-state index is -1.08. The molecule has 28 heavy (non-hydrogen) atoms. The fraction of sp³-hybridized carbons (Fsp3) is 0.143. The molecule has 142 valence electrons. The molecule has 1 atom stereocenters. The second-order valence-electron chi connectivity index (χ2n) is 6.30. The monoisotopic (exact) mass is 377 g/mol. The summed E-state index contributed by atoms with van der Waals surface area (Å²) in [5.41, 5.74) is 2.73. The van der Waals surface area contributed by atoms with E-state index in [4.69, 9.17) is 4.74 Å². The van der Waals surface area contributed by atoms with Gasteiger partial charge in [-0.1, -0.05) is 48.0 Å². The van der Waals surface area contributed by atoms with Crippen molar-refractivity contribution in [1.82, 2.24) is 4.98 Å². The van der Waals surface area contributed by atoms with Gasteiger partial charge in [0, 0.05) is 18.2 Å². The van der Waals surface area contributed by atoms with E-state index in [1.165, 1.54) is 6.07 Å². The Morgan fingerprint density at radius 2 is 1.71 bits per heavy atom. The van der Waals surface area contributed by atoms with Crippen molar-refractivity contribution in [3.8, 4) is 5.75 Å². The molecule has 0 bridgehead atoms. The predicted octanol–water partition coefficient (Wildman–Crippen LogP) is 4.37. The van der Waals surface area contributed by atoms with Crippen LogP contribution in [-0.4, -0.2) is 15.8 Å². The molecule has 1 heterocycles. The molecule has 0 fully saturated rings. The van der Waals surface area contributed by atoms with Crippen LogP contribution in [0.1, 0.15) is 22.9 Å². The van der Waals surface area contributed by atoms with Crippen molar-refractivity contribution in [2.75, 3.05) is 5.32 Å². The first-order valence-electron chi connectivity index (χ1n) is 8.65. The van der Waals surface area contributed by atoms with Crippen molar-refractivity contribution in [2.24, 2.45) is 0 Å². The molecule has 1 amide bonds. The lowest BCUT2D eigenvalue weighted by Gasteiger charge is -2.19. The van der Waals surface area contributed by atoms with Gasteiger partial charge in [-0.3, -0.25) is 4.79 Å². The van der Waals surface area contributed by atoms with Crippen molar-refractivity contribution in [3.05, 3.63) is 93.7 Å². The van der Waals surface area contributed by atoms with Crippen LogP contribution in [0.2, 0.25) is 0 Å². The molecule has 1 unspecified atom stereocenters. The van der Waals surface area contributed by atoms with Gasteiger partial charge in [0.2, 0.25) is 11.9 Å². The maximum absolute atomic E-state index is 12.9. The van der Waals surface area contributed by atoms with Crippen molar-refractivity contribution in [2.45, 2.75) is 20.0 Å². The highest BCUT2D eigenvalue weighted by Crippen LogP contribution is 2.30. The Bertz CT molecular complexity index is 988. The fourth-order valence-corrected chi connectivity index (χ4v) is 2.63. The Kier molecular flexibility index (Phi) is 5.64. The Labute approximate surface area is 162 Å². The topological polar surface area (TPSA) is 94.4 Å². The summed E-state index contributed by atoms with van der Waals surface area (Å²) in [5.74, 6) is -0.933. The summed E-state index contributed by atoms with van der Waals surface area (Å²) >= 11 is 0. The zero-order valence-corrected chi connectivity index (χ0v) is 15.5. The second kappa shape index (κ2) is 8.30. The third-order valence-electron chi connectivity index (χ3n) is 4.06. The third-order valence-corrected chi connectivity index (χ3v) is 4.06. The molecule has 3 aromatic rings. The van der Waals surface area contributed by atoms with E-state index in [1.54, 1.807) is 49.4 Å². The number of carbonyl (C=O) groups excluding carboxylic acids is 1. The lowest BCUT2D eigenvalue weighted by molar-refractivity contribution is -0.390. The smallest absolute Gasteiger partial charge is 0.406 e. The van der Waals surface area contributed by atoms with E-state index in [2.05, 4.69) is 10.3 Å². The number of nitrogens with one attached hydrogen (secondary N) is 1. The molecular weight excluding hydrogens is 358 g/mol. The van der Waals surface area contributed by atoms with E-state index in [9.17, 15) is 14.9 Å². The molecule has 0 radical (unpaired) electrons. The first-order valence-corrected chi connectivity index (χ1v) is 8.65. The third kappa shape index (κ3) is 4.50. The zero-order chi connectivity index (χ0) is 20.1. The van der Waals surface area contributed by atoms with Gasteiger partial charge in [-0.15, -0.1) is 0 Å². The van der Waals surface area contributed by atoms with E-state index in [0.29, 0.717) is 16.9 Å². The predicted molar refractivity (Wildman–Crippen MR) is 105 cm³/mol. The number of aryl methyl sites for hydroxylation is 2. The van der Waals surface area contributed by atoms with Crippen LogP contribution in [0, 0.1) is 24.0 Å². The van der Waals surface area contributed by atoms with Gasteiger partial charge >= 0.3 is 5.82 Å². The molecule has 0 saturated carbocycles. The Morgan fingerprint density at radius 3 is 2.36 bits per heavy atom. The number of aromatic nitrogens is 1. The van der Waals surface area contributed by atoms with E-state index in [1.807, 2.05) is 25.1 Å². The first-order chi connectivity index (χ1) is 13.4.